The molecule has 13 heteroatoms. The van der Waals surface area contributed by atoms with Crippen molar-refractivity contribution in [2.24, 2.45) is 11.8 Å². The van der Waals surface area contributed by atoms with Gasteiger partial charge in [0.1, 0.15) is 12.1 Å². The Hall–Kier alpha value is -5.56. The molecule has 57 heavy (non-hydrogen) atoms. The number of anilines is 1. The fraction of sp³-hybridized carbons (Fsp3) is 0.455. The van der Waals surface area contributed by atoms with Gasteiger partial charge in [-0.15, -0.1) is 0 Å². The van der Waals surface area contributed by atoms with Crippen molar-refractivity contribution in [3.63, 3.8) is 0 Å². The lowest BCUT2D eigenvalue weighted by Gasteiger charge is -2.38. The third-order valence-corrected chi connectivity index (χ3v) is 12.4. The zero-order valence-electron chi connectivity index (χ0n) is 32.7. The van der Waals surface area contributed by atoms with E-state index in [1.165, 1.54) is 0 Å². The first-order valence-corrected chi connectivity index (χ1v) is 20.5. The SMILES string of the molecule is Cc1cc(C[C@@H](NC(=O)N2CCC(C3=Cc4ccccc4CC3=O)CC2)C(=O)N[C@@H](CC2CCNCC2)C(=O)N2CCN(c3ccncc3)CC2)cc2cn[nH]c12. The summed E-state index contributed by atoms with van der Waals surface area (Å²) >= 11 is 0. The number of aromatic amines is 1. The molecule has 5 heterocycles. The van der Waals surface area contributed by atoms with E-state index >= 15 is 0 Å². The van der Waals surface area contributed by atoms with Gasteiger partial charge in [-0.3, -0.25) is 24.5 Å². The van der Waals surface area contributed by atoms with Crippen LogP contribution in [0.15, 0.2) is 72.7 Å². The zero-order valence-corrected chi connectivity index (χ0v) is 32.7. The second-order valence-electron chi connectivity index (χ2n) is 16.1. The number of nitrogens with zero attached hydrogens (tertiary/aromatic N) is 5. The predicted molar refractivity (Wildman–Crippen MR) is 219 cm³/mol. The summed E-state index contributed by atoms with van der Waals surface area (Å²) in [6.07, 6.45) is 11.8. The quantitative estimate of drug-likeness (QED) is 0.189. The number of amides is 4. The number of urea groups is 1. The van der Waals surface area contributed by atoms with Crippen molar-refractivity contribution in [3.8, 4) is 0 Å². The third kappa shape index (κ3) is 8.88. The van der Waals surface area contributed by atoms with Crippen molar-refractivity contribution in [3.05, 3.63) is 94.9 Å². The minimum Gasteiger partial charge on any atom is -0.368 e. The summed E-state index contributed by atoms with van der Waals surface area (Å²) in [5.41, 5.74) is 6.88. The highest BCUT2D eigenvalue weighted by atomic mass is 16.2. The number of ketones is 1. The van der Waals surface area contributed by atoms with Crippen LogP contribution in [0.2, 0.25) is 0 Å². The Morgan fingerprint density at radius 1 is 0.877 bits per heavy atom. The lowest BCUT2D eigenvalue weighted by Crippen LogP contribution is -2.59. The molecular formula is C44H53N9O4. The van der Waals surface area contributed by atoms with E-state index in [1.807, 2.05) is 60.4 Å². The molecule has 8 rings (SSSR count). The van der Waals surface area contributed by atoms with Crippen LogP contribution < -0.4 is 20.9 Å². The van der Waals surface area contributed by atoms with Crippen LogP contribution >= 0.6 is 0 Å². The number of carbonyl (C=O) groups excluding carboxylic acids is 4. The molecule has 1 aliphatic carbocycles. The van der Waals surface area contributed by atoms with Crippen LogP contribution in [0.1, 0.15) is 54.4 Å². The maximum Gasteiger partial charge on any atom is 0.318 e. The number of H-pyrrole nitrogens is 1. The summed E-state index contributed by atoms with van der Waals surface area (Å²) in [6.45, 7) is 7.18. The molecular weight excluding hydrogens is 719 g/mol. The molecule has 0 spiro atoms. The lowest BCUT2D eigenvalue weighted by atomic mass is 9.80. The van der Waals surface area contributed by atoms with Crippen LogP contribution in [-0.4, -0.2) is 113 Å². The first-order chi connectivity index (χ1) is 27.8. The topological polar surface area (TPSA) is 156 Å². The minimum absolute atomic E-state index is 0.0757. The van der Waals surface area contributed by atoms with Gasteiger partial charge in [0.25, 0.3) is 0 Å². The van der Waals surface area contributed by atoms with Gasteiger partial charge in [-0.2, -0.15) is 5.10 Å². The van der Waals surface area contributed by atoms with Crippen LogP contribution in [-0.2, 0) is 27.2 Å². The number of piperidine rings is 2. The Morgan fingerprint density at radius 3 is 2.40 bits per heavy atom. The van der Waals surface area contributed by atoms with Gasteiger partial charge in [0.05, 0.1) is 11.7 Å². The average molecular weight is 772 g/mol. The summed E-state index contributed by atoms with van der Waals surface area (Å²) in [5.74, 6) is 0.0731. The van der Waals surface area contributed by atoms with E-state index in [0.717, 1.165) is 70.3 Å². The van der Waals surface area contributed by atoms with Crippen LogP contribution in [0.25, 0.3) is 17.0 Å². The van der Waals surface area contributed by atoms with Gasteiger partial charge < -0.3 is 30.7 Å². The monoisotopic (exact) mass is 771 g/mol. The van der Waals surface area contributed by atoms with Gasteiger partial charge in [0.15, 0.2) is 5.78 Å². The maximum atomic E-state index is 14.5. The first-order valence-electron chi connectivity index (χ1n) is 20.5. The van der Waals surface area contributed by atoms with Crippen LogP contribution in [0, 0.1) is 18.8 Å². The van der Waals surface area contributed by atoms with Crippen molar-refractivity contribution in [1.82, 2.24) is 40.9 Å². The van der Waals surface area contributed by atoms with Gasteiger partial charge in [-0.05, 0) is 116 Å². The molecule has 3 fully saturated rings. The largest absolute Gasteiger partial charge is 0.368 e. The van der Waals surface area contributed by atoms with Gasteiger partial charge in [-0.1, -0.05) is 30.3 Å². The Kier molecular flexibility index (Phi) is 11.6. The van der Waals surface area contributed by atoms with Gasteiger partial charge in [0, 0.05) is 75.6 Å². The zero-order chi connectivity index (χ0) is 39.3. The normalized spacial score (nSPS) is 19.1. The molecule has 0 saturated carbocycles. The number of aromatic nitrogens is 3. The van der Waals surface area contributed by atoms with E-state index in [-0.39, 0.29) is 36.0 Å². The highest BCUT2D eigenvalue weighted by Gasteiger charge is 2.35. The number of carbonyl (C=O) groups is 4. The summed E-state index contributed by atoms with van der Waals surface area (Å²) < 4.78 is 0. The van der Waals surface area contributed by atoms with Gasteiger partial charge >= 0.3 is 6.03 Å². The molecule has 4 N–H and O–H groups in total. The van der Waals surface area contributed by atoms with Gasteiger partial charge in [-0.25, -0.2) is 4.79 Å². The summed E-state index contributed by atoms with van der Waals surface area (Å²) in [5, 5.41) is 17.8. The van der Waals surface area contributed by atoms with Crippen molar-refractivity contribution in [2.75, 3.05) is 57.3 Å². The van der Waals surface area contributed by atoms with E-state index in [2.05, 4.69) is 42.1 Å². The molecule has 3 aliphatic heterocycles. The number of aryl methyl sites for hydroxylation is 1. The summed E-state index contributed by atoms with van der Waals surface area (Å²) in [4.78, 5) is 66.1. The van der Waals surface area contributed by atoms with E-state index in [4.69, 9.17) is 0 Å². The molecule has 2 atom stereocenters. The van der Waals surface area contributed by atoms with Crippen molar-refractivity contribution < 1.29 is 19.2 Å². The molecule has 0 bridgehead atoms. The minimum atomic E-state index is -0.926. The fourth-order valence-corrected chi connectivity index (χ4v) is 9.12. The second-order valence-corrected chi connectivity index (χ2v) is 16.1. The van der Waals surface area contributed by atoms with Crippen molar-refractivity contribution in [1.29, 1.82) is 0 Å². The molecule has 0 unspecified atom stereocenters. The van der Waals surface area contributed by atoms with Crippen LogP contribution in [0.3, 0.4) is 0 Å². The number of pyridine rings is 1. The molecule has 298 valence electrons. The van der Waals surface area contributed by atoms with Crippen LogP contribution in [0.4, 0.5) is 10.5 Å². The number of rotatable bonds is 10. The summed E-state index contributed by atoms with van der Waals surface area (Å²) in [6, 6.07) is 14.0. The van der Waals surface area contributed by atoms with E-state index in [9.17, 15) is 19.2 Å². The molecule has 13 nitrogen and oxygen atoms in total. The number of fused-ring (bicyclic) bond motifs is 2. The first kappa shape index (κ1) is 38.3. The predicted octanol–water partition coefficient (Wildman–Crippen LogP) is 4.03. The number of hydrogen-bond donors (Lipinski definition) is 4. The van der Waals surface area contributed by atoms with Crippen LogP contribution in [0.5, 0.6) is 0 Å². The maximum absolute atomic E-state index is 14.5. The molecule has 3 saturated heterocycles. The molecule has 0 radical (unpaired) electrons. The highest BCUT2D eigenvalue weighted by molar-refractivity contribution is 6.04. The van der Waals surface area contributed by atoms with Crippen molar-refractivity contribution >= 4 is 46.3 Å². The molecule has 4 amide bonds. The molecule has 2 aromatic heterocycles. The van der Waals surface area contributed by atoms with Gasteiger partial charge in [0.2, 0.25) is 11.8 Å². The Morgan fingerprint density at radius 2 is 1.63 bits per heavy atom. The summed E-state index contributed by atoms with van der Waals surface area (Å²) in [7, 11) is 0. The number of hydrogen-bond acceptors (Lipinski definition) is 8. The number of Topliss-reactive ketones (excluding diaryl/α,β-unsaturated/α-hetero) is 1. The van der Waals surface area contributed by atoms with E-state index < -0.39 is 12.1 Å². The fourth-order valence-electron chi connectivity index (χ4n) is 9.12. The Bertz CT molecular complexity index is 2110. The molecule has 2 aromatic carbocycles. The number of likely N-dealkylation sites (tertiary alicyclic amines) is 1. The lowest BCUT2D eigenvalue weighted by molar-refractivity contribution is -0.137. The molecule has 4 aliphatic rings. The smallest absolute Gasteiger partial charge is 0.318 e. The number of piperazine rings is 1. The highest BCUT2D eigenvalue weighted by Crippen LogP contribution is 2.32. The average Bonchev–Trinajstić information content (AvgIpc) is 3.73. The Balaban J connectivity index is 0.978. The molecule has 4 aromatic rings. The second kappa shape index (κ2) is 17.3. The standard InChI is InChI=1S/C44H53N9O4/c1-29-22-31(23-35-28-47-50-41(29)35)25-38(49-44(57)53-16-10-32(11-17-53)37-26-33-4-2-3-5-34(33)27-40(37)54)42(55)48-39(24-30-6-12-45-13-7-30)43(56)52-20-18-51(19-21-52)36-8-14-46-15-9-36/h2-5,8-9,14-15,22-23,26,28,30,32,38-39,45H,6-7,10-13,16-21,24-25,27H2,1H3,(H,47,50)(H,48,55)(H,49,57)/t38-,39+/m1/s1. The number of benzene rings is 2. The number of allylic oxidation sites excluding steroid dienone is 1. The Labute approximate surface area is 333 Å². The third-order valence-electron chi connectivity index (χ3n) is 12.4. The van der Waals surface area contributed by atoms with E-state index in [0.29, 0.717) is 70.9 Å². The van der Waals surface area contributed by atoms with E-state index in [1.54, 1.807) is 23.5 Å². The van der Waals surface area contributed by atoms with Crippen molar-refractivity contribution in [2.45, 2.75) is 64.0 Å². The number of nitrogens with one attached hydrogen (secondary N) is 4.